The molecular formula is C13H13F3N2. The average molecular weight is 254 g/mol. The van der Waals surface area contributed by atoms with Gasteiger partial charge in [-0.25, -0.2) is 0 Å². The minimum absolute atomic E-state index is 0.332. The van der Waals surface area contributed by atoms with Crippen molar-refractivity contribution in [3.05, 3.63) is 29.3 Å². The molecule has 0 aliphatic heterocycles. The Morgan fingerprint density at radius 3 is 2.56 bits per heavy atom. The van der Waals surface area contributed by atoms with Gasteiger partial charge in [0.15, 0.2) is 0 Å². The van der Waals surface area contributed by atoms with E-state index >= 15 is 0 Å². The molecule has 0 amide bonds. The maximum absolute atomic E-state index is 12.6. The van der Waals surface area contributed by atoms with Gasteiger partial charge in [0.25, 0.3) is 0 Å². The Kier molecular flexibility index (Phi) is 3.46. The maximum Gasteiger partial charge on any atom is 0.417 e. The van der Waals surface area contributed by atoms with Crippen LogP contribution in [0.1, 0.15) is 30.4 Å². The zero-order chi connectivity index (χ0) is 13.2. The van der Waals surface area contributed by atoms with Crippen LogP contribution in [0.2, 0.25) is 0 Å². The molecule has 0 atom stereocenters. The monoisotopic (exact) mass is 254 g/mol. The lowest BCUT2D eigenvalue weighted by Crippen LogP contribution is -2.21. The van der Waals surface area contributed by atoms with Crippen LogP contribution in [-0.4, -0.2) is 6.54 Å². The van der Waals surface area contributed by atoms with Crippen molar-refractivity contribution in [2.24, 2.45) is 5.92 Å². The first-order valence-corrected chi connectivity index (χ1v) is 5.86. The first kappa shape index (κ1) is 12.7. The smallest absolute Gasteiger partial charge is 0.385 e. The molecule has 0 saturated heterocycles. The van der Waals surface area contributed by atoms with E-state index in [1.807, 2.05) is 0 Å². The summed E-state index contributed by atoms with van der Waals surface area (Å²) in [6.07, 6.45) is -0.919. The third-order valence-corrected chi connectivity index (χ3v) is 3.27. The molecule has 1 N–H and O–H groups in total. The van der Waals surface area contributed by atoms with Gasteiger partial charge < -0.3 is 5.32 Å². The van der Waals surface area contributed by atoms with Crippen molar-refractivity contribution < 1.29 is 13.2 Å². The van der Waals surface area contributed by atoms with E-state index in [-0.39, 0.29) is 5.56 Å². The minimum Gasteiger partial charge on any atom is -0.385 e. The Labute approximate surface area is 103 Å². The number of hydrogen-bond acceptors (Lipinski definition) is 2. The van der Waals surface area contributed by atoms with Gasteiger partial charge in [-0.2, -0.15) is 18.4 Å². The molecule has 1 saturated carbocycles. The van der Waals surface area contributed by atoms with E-state index in [1.165, 1.54) is 31.4 Å². The van der Waals surface area contributed by atoms with Gasteiger partial charge in [-0.1, -0.05) is 6.42 Å². The number of rotatable bonds is 3. The predicted molar refractivity (Wildman–Crippen MR) is 62.0 cm³/mol. The quantitative estimate of drug-likeness (QED) is 0.890. The summed E-state index contributed by atoms with van der Waals surface area (Å²) in [7, 11) is 0. The number of nitrogens with one attached hydrogen (secondary N) is 1. The van der Waals surface area contributed by atoms with Gasteiger partial charge in [0.2, 0.25) is 0 Å². The average Bonchev–Trinajstić information content (AvgIpc) is 2.25. The van der Waals surface area contributed by atoms with Crippen molar-refractivity contribution in [2.75, 3.05) is 11.9 Å². The van der Waals surface area contributed by atoms with Gasteiger partial charge >= 0.3 is 6.18 Å². The molecule has 18 heavy (non-hydrogen) atoms. The maximum atomic E-state index is 12.6. The van der Waals surface area contributed by atoms with Crippen LogP contribution in [0.25, 0.3) is 0 Å². The molecule has 0 unspecified atom stereocenters. The Bertz CT molecular complexity index is 470. The van der Waals surface area contributed by atoms with Crippen LogP contribution in [0.15, 0.2) is 18.2 Å². The molecule has 5 heteroatoms. The second-order valence-corrected chi connectivity index (χ2v) is 4.55. The summed E-state index contributed by atoms with van der Waals surface area (Å²) in [6, 6.07) is 5.20. The normalized spacial score (nSPS) is 15.9. The lowest BCUT2D eigenvalue weighted by atomic mass is 9.85. The topological polar surface area (TPSA) is 35.8 Å². The predicted octanol–water partition coefficient (Wildman–Crippen LogP) is 3.79. The number of anilines is 1. The van der Waals surface area contributed by atoms with E-state index in [0.29, 0.717) is 11.6 Å². The summed E-state index contributed by atoms with van der Waals surface area (Å²) < 4.78 is 37.7. The highest BCUT2D eigenvalue weighted by Gasteiger charge is 2.33. The number of alkyl halides is 3. The first-order valence-electron chi connectivity index (χ1n) is 5.86. The number of nitrogens with zero attached hydrogens (tertiary/aromatic N) is 1. The highest BCUT2D eigenvalue weighted by Crippen LogP contribution is 2.33. The number of halogens is 3. The van der Waals surface area contributed by atoms with Crippen molar-refractivity contribution in [3.8, 4) is 6.07 Å². The standard InChI is InChI=1S/C13H13F3N2/c14-13(15,16)12-5-4-11(6-10(12)7-17)18-8-9-2-1-3-9/h4-6,9,18H,1-3,8H2. The third-order valence-electron chi connectivity index (χ3n) is 3.27. The van der Waals surface area contributed by atoms with Crippen LogP contribution in [0.4, 0.5) is 18.9 Å². The number of hydrogen-bond donors (Lipinski definition) is 1. The Morgan fingerprint density at radius 2 is 2.06 bits per heavy atom. The van der Waals surface area contributed by atoms with Crippen LogP contribution < -0.4 is 5.32 Å². The minimum atomic E-state index is -4.47. The fraction of sp³-hybridized carbons (Fsp3) is 0.462. The van der Waals surface area contributed by atoms with E-state index < -0.39 is 11.7 Å². The molecule has 1 fully saturated rings. The first-order chi connectivity index (χ1) is 8.50. The van der Waals surface area contributed by atoms with Gasteiger partial charge in [0, 0.05) is 12.2 Å². The molecule has 1 aromatic rings. The van der Waals surface area contributed by atoms with Crippen molar-refractivity contribution in [3.63, 3.8) is 0 Å². The summed E-state index contributed by atoms with van der Waals surface area (Å²) in [5, 5.41) is 11.8. The number of benzene rings is 1. The molecule has 2 rings (SSSR count). The van der Waals surface area contributed by atoms with E-state index in [2.05, 4.69) is 5.32 Å². The summed E-state index contributed by atoms with van der Waals surface area (Å²) in [5.74, 6) is 0.609. The van der Waals surface area contributed by atoms with Crippen molar-refractivity contribution >= 4 is 5.69 Å². The van der Waals surface area contributed by atoms with Gasteiger partial charge in [0.05, 0.1) is 17.2 Å². The van der Waals surface area contributed by atoms with Crippen LogP contribution in [0.3, 0.4) is 0 Å². The van der Waals surface area contributed by atoms with Crippen LogP contribution in [-0.2, 0) is 6.18 Å². The highest BCUT2D eigenvalue weighted by molar-refractivity contribution is 5.53. The van der Waals surface area contributed by atoms with E-state index in [1.54, 1.807) is 6.07 Å². The molecule has 0 radical (unpaired) electrons. The summed E-state index contributed by atoms with van der Waals surface area (Å²) in [4.78, 5) is 0. The van der Waals surface area contributed by atoms with E-state index in [9.17, 15) is 13.2 Å². The molecular weight excluding hydrogens is 241 g/mol. The molecule has 0 spiro atoms. The Balaban J connectivity index is 2.11. The van der Waals surface area contributed by atoms with Crippen LogP contribution in [0.5, 0.6) is 0 Å². The Morgan fingerprint density at radius 1 is 1.33 bits per heavy atom. The molecule has 1 aromatic carbocycles. The lowest BCUT2D eigenvalue weighted by molar-refractivity contribution is -0.137. The number of nitriles is 1. The van der Waals surface area contributed by atoms with Crippen molar-refractivity contribution in [1.29, 1.82) is 5.26 Å². The van der Waals surface area contributed by atoms with E-state index in [0.717, 1.165) is 12.6 Å². The molecule has 1 aliphatic rings. The molecule has 0 bridgehead atoms. The van der Waals surface area contributed by atoms with Crippen molar-refractivity contribution in [2.45, 2.75) is 25.4 Å². The SMILES string of the molecule is N#Cc1cc(NCC2CCC2)ccc1C(F)(F)F. The summed E-state index contributed by atoms with van der Waals surface area (Å²) in [5.41, 5.74) is -0.633. The third kappa shape index (κ3) is 2.76. The molecule has 0 aromatic heterocycles. The van der Waals surface area contributed by atoms with Gasteiger partial charge in [-0.05, 0) is 37.0 Å². The lowest BCUT2D eigenvalue weighted by Gasteiger charge is -2.26. The van der Waals surface area contributed by atoms with Gasteiger partial charge in [0.1, 0.15) is 0 Å². The van der Waals surface area contributed by atoms with Gasteiger partial charge in [-0.15, -0.1) is 0 Å². The van der Waals surface area contributed by atoms with Crippen LogP contribution in [0, 0.1) is 17.2 Å². The fourth-order valence-corrected chi connectivity index (χ4v) is 1.95. The highest BCUT2D eigenvalue weighted by atomic mass is 19.4. The summed E-state index contributed by atoms with van der Waals surface area (Å²) in [6.45, 7) is 0.760. The molecule has 1 aliphatic carbocycles. The zero-order valence-electron chi connectivity index (χ0n) is 9.72. The van der Waals surface area contributed by atoms with Gasteiger partial charge in [-0.3, -0.25) is 0 Å². The fourth-order valence-electron chi connectivity index (χ4n) is 1.95. The largest absolute Gasteiger partial charge is 0.417 e. The second kappa shape index (κ2) is 4.89. The molecule has 0 heterocycles. The zero-order valence-corrected chi connectivity index (χ0v) is 9.72. The second-order valence-electron chi connectivity index (χ2n) is 4.55. The molecule has 2 nitrogen and oxygen atoms in total. The van der Waals surface area contributed by atoms with Crippen molar-refractivity contribution in [1.82, 2.24) is 0 Å². The van der Waals surface area contributed by atoms with Crippen LogP contribution >= 0.6 is 0 Å². The Hall–Kier alpha value is -1.70. The summed E-state index contributed by atoms with van der Waals surface area (Å²) >= 11 is 0. The molecule has 96 valence electrons. The van der Waals surface area contributed by atoms with E-state index in [4.69, 9.17) is 5.26 Å².